The van der Waals surface area contributed by atoms with Gasteiger partial charge < -0.3 is 24.4 Å². The maximum Gasteiger partial charge on any atom is 0.335 e. The van der Waals surface area contributed by atoms with E-state index in [4.69, 9.17) is 26.2 Å². The number of nitrogens with zero attached hydrogens (tertiary/aromatic N) is 3. The van der Waals surface area contributed by atoms with E-state index in [-0.39, 0.29) is 29.7 Å². The summed E-state index contributed by atoms with van der Waals surface area (Å²) in [7, 11) is 0. The normalized spacial score (nSPS) is 20.7. The summed E-state index contributed by atoms with van der Waals surface area (Å²) in [6.45, 7) is 4.79. The van der Waals surface area contributed by atoms with Gasteiger partial charge in [0, 0.05) is 56.5 Å². The molecule has 3 aromatic carbocycles. The molecule has 0 saturated carbocycles. The predicted octanol–water partition coefficient (Wildman–Crippen LogP) is 6.45. The van der Waals surface area contributed by atoms with Crippen LogP contribution in [0.2, 0.25) is 5.02 Å². The molecule has 0 spiro atoms. The highest BCUT2D eigenvalue weighted by atomic mass is 35.5. The number of carboxylic acids is 1. The van der Waals surface area contributed by atoms with E-state index in [1.165, 1.54) is 17.7 Å². The van der Waals surface area contributed by atoms with Crippen molar-refractivity contribution in [1.29, 1.82) is 0 Å². The van der Waals surface area contributed by atoms with Crippen molar-refractivity contribution in [1.82, 2.24) is 14.7 Å². The van der Waals surface area contributed by atoms with Crippen LogP contribution < -0.4 is 4.74 Å². The number of benzene rings is 3. The van der Waals surface area contributed by atoms with E-state index in [0.29, 0.717) is 36.3 Å². The van der Waals surface area contributed by atoms with Gasteiger partial charge in [-0.2, -0.15) is 0 Å². The second-order valence-electron chi connectivity index (χ2n) is 11.3. The van der Waals surface area contributed by atoms with Crippen LogP contribution in [-0.4, -0.2) is 76.7 Å². The molecule has 0 aliphatic carbocycles. The molecule has 1 unspecified atom stereocenters. The maximum absolute atomic E-state index is 13.9. The smallest absolute Gasteiger partial charge is 0.335 e. The third-order valence-corrected chi connectivity index (χ3v) is 8.89. The van der Waals surface area contributed by atoms with Gasteiger partial charge in [-0.1, -0.05) is 35.9 Å². The van der Waals surface area contributed by atoms with E-state index in [9.17, 15) is 9.59 Å². The SMILES string of the molecule is O=C(O)c1ccc(Oc2ccc(CN3CCC(N4C(=O)N(C5CCOCC5)CC4c4cccc(Cl)c4)CC3)cc2)cc1. The Morgan fingerprint density at radius 1 is 0.905 bits per heavy atom. The standard InChI is InChI=1S/C33H36ClN3O5/c34-26-3-1-2-25(20-26)31-22-36(27-14-18-41-19-15-27)33(40)37(31)28-12-16-35(17-13-28)21-23-4-8-29(9-5-23)42-30-10-6-24(7-11-30)32(38)39/h1-11,20,27-28,31H,12-19,21-22H2,(H,38,39). The zero-order valence-corrected chi connectivity index (χ0v) is 24.3. The summed E-state index contributed by atoms with van der Waals surface area (Å²) in [5.41, 5.74) is 2.53. The van der Waals surface area contributed by atoms with Gasteiger partial charge in [-0.15, -0.1) is 0 Å². The number of urea groups is 1. The van der Waals surface area contributed by atoms with Crippen LogP contribution in [0.15, 0.2) is 72.8 Å². The zero-order chi connectivity index (χ0) is 29.1. The van der Waals surface area contributed by atoms with E-state index >= 15 is 0 Å². The van der Waals surface area contributed by atoms with Crippen molar-refractivity contribution in [2.45, 2.75) is 50.4 Å². The average molecular weight is 590 g/mol. The number of rotatable bonds is 8. The number of likely N-dealkylation sites (tertiary alicyclic amines) is 1. The largest absolute Gasteiger partial charge is 0.478 e. The fourth-order valence-corrected chi connectivity index (χ4v) is 6.60. The number of hydrogen-bond acceptors (Lipinski definition) is 5. The Morgan fingerprint density at radius 2 is 1.57 bits per heavy atom. The molecule has 3 aliphatic heterocycles. The van der Waals surface area contributed by atoms with Gasteiger partial charge in [-0.05, 0) is 85.3 Å². The first-order chi connectivity index (χ1) is 20.4. The van der Waals surface area contributed by atoms with Gasteiger partial charge in [-0.3, -0.25) is 4.90 Å². The lowest BCUT2D eigenvalue weighted by Gasteiger charge is -2.39. The summed E-state index contributed by atoms with van der Waals surface area (Å²) < 4.78 is 11.5. The van der Waals surface area contributed by atoms with Crippen molar-refractivity contribution in [2.75, 3.05) is 32.8 Å². The van der Waals surface area contributed by atoms with Crippen LogP contribution in [0.1, 0.15) is 53.2 Å². The van der Waals surface area contributed by atoms with Crippen LogP contribution in [0, 0.1) is 0 Å². The molecule has 3 aromatic rings. The number of aromatic carboxylic acids is 1. The van der Waals surface area contributed by atoms with E-state index in [0.717, 1.165) is 50.9 Å². The highest BCUT2D eigenvalue weighted by Gasteiger charge is 2.45. The molecule has 1 N–H and O–H groups in total. The third kappa shape index (κ3) is 6.41. The number of halogens is 1. The number of piperidine rings is 1. The summed E-state index contributed by atoms with van der Waals surface area (Å²) >= 11 is 6.37. The average Bonchev–Trinajstić information content (AvgIpc) is 3.36. The number of ether oxygens (including phenoxy) is 2. The minimum atomic E-state index is -0.958. The Hall–Kier alpha value is -3.59. The van der Waals surface area contributed by atoms with Gasteiger partial charge >= 0.3 is 12.0 Å². The fourth-order valence-electron chi connectivity index (χ4n) is 6.40. The van der Waals surface area contributed by atoms with Crippen molar-refractivity contribution < 1.29 is 24.2 Å². The van der Waals surface area contributed by atoms with Crippen LogP contribution in [0.3, 0.4) is 0 Å². The Labute approximate surface area is 251 Å². The van der Waals surface area contributed by atoms with Crippen LogP contribution in [0.4, 0.5) is 4.79 Å². The minimum absolute atomic E-state index is 0.00321. The first-order valence-electron chi connectivity index (χ1n) is 14.7. The Kier molecular flexibility index (Phi) is 8.65. The molecule has 0 radical (unpaired) electrons. The first kappa shape index (κ1) is 28.5. The number of amides is 2. The lowest BCUT2D eigenvalue weighted by molar-refractivity contribution is 0.0493. The highest BCUT2D eigenvalue weighted by Crippen LogP contribution is 2.38. The summed E-state index contributed by atoms with van der Waals surface area (Å²) in [6, 6.07) is 22.9. The maximum atomic E-state index is 13.9. The van der Waals surface area contributed by atoms with E-state index in [1.54, 1.807) is 12.1 Å². The van der Waals surface area contributed by atoms with Gasteiger partial charge in [0.2, 0.25) is 0 Å². The molecule has 3 aliphatic rings. The predicted molar refractivity (Wildman–Crippen MR) is 160 cm³/mol. The van der Waals surface area contributed by atoms with Crippen molar-refractivity contribution in [3.05, 3.63) is 94.5 Å². The molecule has 8 nitrogen and oxygen atoms in total. The van der Waals surface area contributed by atoms with Crippen molar-refractivity contribution in [3.8, 4) is 11.5 Å². The van der Waals surface area contributed by atoms with Crippen LogP contribution >= 0.6 is 11.6 Å². The minimum Gasteiger partial charge on any atom is -0.478 e. The van der Waals surface area contributed by atoms with Crippen LogP contribution in [0.5, 0.6) is 11.5 Å². The highest BCUT2D eigenvalue weighted by molar-refractivity contribution is 6.30. The van der Waals surface area contributed by atoms with Gasteiger partial charge in [0.1, 0.15) is 11.5 Å². The molecule has 0 aromatic heterocycles. The molecule has 6 rings (SSSR count). The van der Waals surface area contributed by atoms with Crippen LogP contribution in [0.25, 0.3) is 0 Å². The van der Waals surface area contributed by atoms with E-state index in [2.05, 4.69) is 32.9 Å². The van der Waals surface area contributed by atoms with Gasteiger partial charge in [0.15, 0.2) is 0 Å². The first-order valence-corrected chi connectivity index (χ1v) is 15.1. The second-order valence-corrected chi connectivity index (χ2v) is 11.8. The third-order valence-electron chi connectivity index (χ3n) is 8.65. The summed E-state index contributed by atoms with van der Waals surface area (Å²) in [5, 5.41) is 9.77. The molecule has 9 heteroatoms. The lowest BCUT2D eigenvalue weighted by Crippen LogP contribution is -2.48. The molecule has 1 atom stereocenters. The lowest BCUT2D eigenvalue weighted by atomic mass is 9.98. The van der Waals surface area contributed by atoms with Crippen molar-refractivity contribution in [3.63, 3.8) is 0 Å². The molecular weight excluding hydrogens is 554 g/mol. The molecular formula is C33H36ClN3O5. The van der Waals surface area contributed by atoms with Crippen molar-refractivity contribution >= 4 is 23.6 Å². The summed E-state index contributed by atoms with van der Waals surface area (Å²) in [5.74, 6) is 0.340. The molecule has 3 saturated heterocycles. The monoisotopic (exact) mass is 589 g/mol. The van der Waals surface area contributed by atoms with Gasteiger partial charge in [0.25, 0.3) is 0 Å². The fraction of sp³-hybridized carbons (Fsp3) is 0.394. The number of hydrogen-bond donors (Lipinski definition) is 1. The number of carbonyl (C=O) groups excluding carboxylic acids is 1. The Morgan fingerprint density at radius 3 is 2.21 bits per heavy atom. The summed E-state index contributed by atoms with van der Waals surface area (Å²) in [6.07, 6.45) is 3.64. The number of carbonyl (C=O) groups is 2. The van der Waals surface area contributed by atoms with E-state index < -0.39 is 5.97 Å². The summed E-state index contributed by atoms with van der Waals surface area (Å²) in [4.78, 5) is 31.6. The quantitative estimate of drug-likeness (QED) is 0.325. The molecule has 220 valence electrons. The van der Waals surface area contributed by atoms with Crippen LogP contribution in [-0.2, 0) is 11.3 Å². The molecule has 0 bridgehead atoms. The van der Waals surface area contributed by atoms with Gasteiger partial charge in [0.05, 0.1) is 11.6 Å². The molecule has 2 amide bonds. The Balaban J connectivity index is 1.07. The topological polar surface area (TPSA) is 82.6 Å². The van der Waals surface area contributed by atoms with Crippen molar-refractivity contribution in [2.24, 2.45) is 0 Å². The van der Waals surface area contributed by atoms with Gasteiger partial charge in [-0.25, -0.2) is 9.59 Å². The van der Waals surface area contributed by atoms with E-state index in [1.807, 2.05) is 30.3 Å². The molecule has 3 fully saturated rings. The number of carboxylic acid groups (broad SMARTS) is 1. The second kappa shape index (κ2) is 12.7. The Bertz CT molecular complexity index is 1390. The molecule has 42 heavy (non-hydrogen) atoms. The molecule has 3 heterocycles. The zero-order valence-electron chi connectivity index (χ0n) is 23.5.